The van der Waals surface area contributed by atoms with Crippen LogP contribution in [0.4, 0.5) is 0 Å². The molecule has 0 spiro atoms. The summed E-state index contributed by atoms with van der Waals surface area (Å²) in [5.74, 6) is 1.07. The van der Waals surface area contributed by atoms with Gasteiger partial charge in [0.25, 0.3) is 0 Å². The first-order valence-electron chi connectivity index (χ1n) is 4.49. The lowest BCUT2D eigenvalue weighted by Gasteiger charge is -1.93. The molecule has 0 saturated heterocycles. The predicted molar refractivity (Wildman–Crippen MR) is 57.8 cm³/mol. The Balaban J connectivity index is 0.000000128. The van der Waals surface area contributed by atoms with Gasteiger partial charge in [-0.2, -0.15) is 0 Å². The van der Waals surface area contributed by atoms with Crippen molar-refractivity contribution >= 4 is 11.3 Å². The van der Waals surface area contributed by atoms with Crippen LogP contribution < -0.4 is 4.74 Å². The molecule has 0 saturated carbocycles. The standard InChI is InChI=1S/C8H8O.C3H3NS/c1-2-4-8-7(3-1)5-6-9-8;1-2-5-3-4-1/h1-4H,5-6H2;1-3H. The second-order valence-corrected chi connectivity index (χ2v) is 3.64. The smallest absolute Gasteiger partial charge is 0.122 e. The van der Waals surface area contributed by atoms with Crippen LogP contribution in [0.15, 0.2) is 41.4 Å². The van der Waals surface area contributed by atoms with Gasteiger partial charge in [0.05, 0.1) is 12.1 Å². The first-order valence-corrected chi connectivity index (χ1v) is 5.44. The van der Waals surface area contributed by atoms with E-state index in [9.17, 15) is 0 Å². The molecule has 3 heteroatoms. The molecule has 14 heavy (non-hydrogen) atoms. The van der Waals surface area contributed by atoms with Crippen molar-refractivity contribution in [3.63, 3.8) is 0 Å². The van der Waals surface area contributed by atoms with Crippen LogP contribution in [0.5, 0.6) is 5.75 Å². The Hall–Kier alpha value is -1.35. The highest BCUT2D eigenvalue weighted by atomic mass is 32.1. The van der Waals surface area contributed by atoms with Crippen LogP contribution in [-0.4, -0.2) is 11.6 Å². The lowest BCUT2D eigenvalue weighted by atomic mass is 10.2. The predicted octanol–water partition coefficient (Wildman–Crippen LogP) is 2.76. The van der Waals surface area contributed by atoms with Gasteiger partial charge in [-0.25, -0.2) is 0 Å². The van der Waals surface area contributed by atoms with Gasteiger partial charge in [0.1, 0.15) is 5.75 Å². The molecule has 0 radical (unpaired) electrons. The molecule has 0 fully saturated rings. The molecule has 1 aliphatic rings. The van der Waals surface area contributed by atoms with Crippen LogP contribution in [0.2, 0.25) is 0 Å². The zero-order valence-corrected chi connectivity index (χ0v) is 8.54. The molecule has 0 bridgehead atoms. The molecule has 2 aromatic rings. The average Bonchev–Trinajstić information content (AvgIpc) is 2.92. The van der Waals surface area contributed by atoms with Crippen LogP contribution in [0.25, 0.3) is 0 Å². The fourth-order valence-electron chi connectivity index (χ4n) is 1.30. The summed E-state index contributed by atoms with van der Waals surface area (Å²) in [6, 6.07) is 8.18. The monoisotopic (exact) mass is 205 g/mol. The maximum Gasteiger partial charge on any atom is 0.122 e. The fourth-order valence-corrected chi connectivity index (χ4v) is 1.65. The molecule has 3 rings (SSSR count). The Bertz CT molecular complexity index is 332. The second-order valence-electron chi connectivity index (χ2n) is 2.88. The van der Waals surface area contributed by atoms with E-state index >= 15 is 0 Å². The quantitative estimate of drug-likeness (QED) is 0.659. The minimum absolute atomic E-state index is 0.860. The number of para-hydroxylation sites is 1. The highest BCUT2D eigenvalue weighted by molar-refractivity contribution is 7.07. The molecular weight excluding hydrogens is 194 g/mol. The minimum Gasteiger partial charge on any atom is -0.493 e. The molecule has 0 N–H and O–H groups in total. The van der Waals surface area contributed by atoms with Gasteiger partial charge in [-0.3, -0.25) is 4.98 Å². The van der Waals surface area contributed by atoms with Crippen molar-refractivity contribution in [3.05, 3.63) is 46.9 Å². The number of hydrogen-bond donors (Lipinski definition) is 0. The average molecular weight is 205 g/mol. The first-order chi connectivity index (χ1) is 6.97. The second kappa shape index (κ2) is 4.77. The maximum absolute atomic E-state index is 5.30. The molecule has 0 atom stereocenters. The zero-order chi connectivity index (χ0) is 9.64. The SMILES string of the molecule is c1ccc2c(c1)CCO2.c1cscn1. The summed E-state index contributed by atoms with van der Waals surface area (Å²) in [5.41, 5.74) is 3.14. The van der Waals surface area contributed by atoms with Gasteiger partial charge < -0.3 is 4.74 Å². The molecule has 0 amide bonds. The highest BCUT2D eigenvalue weighted by Gasteiger charge is 2.08. The van der Waals surface area contributed by atoms with E-state index in [0.717, 1.165) is 18.8 Å². The number of rotatable bonds is 0. The van der Waals surface area contributed by atoms with E-state index in [2.05, 4.69) is 11.1 Å². The number of fused-ring (bicyclic) bond motifs is 1. The summed E-state index contributed by atoms with van der Waals surface area (Å²) >= 11 is 1.60. The van der Waals surface area contributed by atoms with Gasteiger partial charge in [0.15, 0.2) is 0 Å². The minimum atomic E-state index is 0.860. The van der Waals surface area contributed by atoms with E-state index < -0.39 is 0 Å². The number of benzene rings is 1. The van der Waals surface area contributed by atoms with E-state index in [0.29, 0.717) is 0 Å². The summed E-state index contributed by atoms with van der Waals surface area (Å²) in [6.45, 7) is 0.860. The Labute approximate surface area is 87.2 Å². The molecule has 1 aromatic heterocycles. The molecule has 2 nitrogen and oxygen atoms in total. The number of hydrogen-bond acceptors (Lipinski definition) is 3. The van der Waals surface area contributed by atoms with Gasteiger partial charge in [0, 0.05) is 18.0 Å². The largest absolute Gasteiger partial charge is 0.493 e. The van der Waals surface area contributed by atoms with Gasteiger partial charge in [0.2, 0.25) is 0 Å². The van der Waals surface area contributed by atoms with E-state index in [4.69, 9.17) is 4.74 Å². The molecule has 72 valence electrons. The third-order valence-corrected chi connectivity index (χ3v) is 2.47. The normalized spacial score (nSPS) is 12.3. The first kappa shape index (κ1) is 9.21. The van der Waals surface area contributed by atoms with Gasteiger partial charge >= 0.3 is 0 Å². The maximum atomic E-state index is 5.30. The van der Waals surface area contributed by atoms with Crippen LogP contribution in [-0.2, 0) is 6.42 Å². The number of nitrogens with zero attached hydrogens (tertiary/aromatic N) is 1. The van der Waals surface area contributed by atoms with E-state index in [1.807, 2.05) is 23.6 Å². The van der Waals surface area contributed by atoms with Crippen molar-refractivity contribution in [2.75, 3.05) is 6.61 Å². The Morgan fingerprint density at radius 1 is 1.29 bits per heavy atom. The van der Waals surface area contributed by atoms with E-state index in [1.54, 1.807) is 23.0 Å². The van der Waals surface area contributed by atoms with Crippen molar-refractivity contribution in [2.24, 2.45) is 0 Å². The van der Waals surface area contributed by atoms with Crippen LogP contribution >= 0.6 is 11.3 Å². The third-order valence-electron chi connectivity index (χ3n) is 1.95. The number of aromatic nitrogens is 1. The van der Waals surface area contributed by atoms with Crippen LogP contribution in [0.1, 0.15) is 5.56 Å². The Morgan fingerprint density at radius 2 is 2.21 bits per heavy atom. The van der Waals surface area contributed by atoms with Gasteiger partial charge in [-0.15, -0.1) is 11.3 Å². The van der Waals surface area contributed by atoms with Crippen molar-refractivity contribution < 1.29 is 4.74 Å². The molecule has 2 heterocycles. The summed E-state index contributed by atoms with van der Waals surface area (Å²) in [5, 5.41) is 1.93. The van der Waals surface area contributed by atoms with Crippen molar-refractivity contribution in [2.45, 2.75) is 6.42 Å². The Morgan fingerprint density at radius 3 is 2.86 bits per heavy atom. The van der Waals surface area contributed by atoms with Crippen molar-refractivity contribution in [1.29, 1.82) is 0 Å². The van der Waals surface area contributed by atoms with Crippen molar-refractivity contribution in [3.8, 4) is 5.75 Å². The molecule has 1 aromatic carbocycles. The molecule has 0 unspecified atom stereocenters. The topological polar surface area (TPSA) is 22.1 Å². The lowest BCUT2D eigenvalue weighted by molar-refractivity contribution is 0.357. The summed E-state index contributed by atoms with van der Waals surface area (Å²) in [7, 11) is 0. The fraction of sp³-hybridized carbons (Fsp3) is 0.182. The molecular formula is C11H11NOS. The number of ether oxygens (including phenoxy) is 1. The number of thiazole rings is 1. The van der Waals surface area contributed by atoms with Crippen molar-refractivity contribution in [1.82, 2.24) is 4.98 Å². The zero-order valence-electron chi connectivity index (χ0n) is 7.72. The lowest BCUT2D eigenvalue weighted by Crippen LogP contribution is -1.85. The summed E-state index contributed by atoms with van der Waals surface area (Å²) < 4.78 is 5.30. The van der Waals surface area contributed by atoms with Crippen LogP contribution in [0.3, 0.4) is 0 Å². The molecule has 0 aliphatic carbocycles. The van der Waals surface area contributed by atoms with E-state index in [-0.39, 0.29) is 0 Å². The van der Waals surface area contributed by atoms with Crippen LogP contribution in [0, 0.1) is 0 Å². The van der Waals surface area contributed by atoms with Gasteiger partial charge in [-0.1, -0.05) is 18.2 Å². The van der Waals surface area contributed by atoms with Gasteiger partial charge in [-0.05, 0) is 11.6 Å². The molecule has 1 aliphatic heterocycles. The Kier molecular flexibility index (Phi) is 3.14. The highest BCUT2D eigenvalue weighted by Crippen LogP contribution is 2.23. The third kappa shape index (κ3) is 2.33. The summed E-state index contributed by atoms with van der Waals surface area (Å²) in [4.78, 5) is 3.74. The van der Waals surface area contributed by atoms with E-state index in [1.165, 1.54) is 5.56 Å². The summed E-state index contributed by atoms with van der Waals surface area (Å²) in [6.07, 6.45) is 2.85.